The van der Waals surface area contributed by atoms with E-state index in [2.05, 4.69) is 11.9 Å². The van der Waals surface area contributed by atoms with Crippen molar-refractivity contribution in [1.29, 1.82) is 0 Å². The summed E-state index contributed by atoms with van der Waals surface area (Å²) in [5.74, 6) is -1.10. The molecule has 1 aromatic rings. The van der Waals surface area contributed by atoms with Crippen molar-refractivity contribution in [2.75, 3.05) is 6.26 Å². The molecule has 5 heteroatoms. The number of thioether (sulfide) groups is 1. The van der Waals surface area contributed by atoms with Crippen LogP contribution in [0.2, 0.25) is 0 Å². The molecular formula is C15H19NO3S. The van der Waals surface area contributed by atoms with E-state index in [9.17, 15) is 9.59 Å². The molecular weight excluding hydrogens is 274 g/mol. The summed E-state index contributed by atoms with van der Waals surface area (Å²) in [7, 11) is 0. The lowest BCUT2D eigenvalue weighted by Crippen LogP contribution is -2.29. The van der Waals surface area contributed by atoms with Gasteiger partial charge in [0.15, 0.2) is 0 Å². The first-order valence-corrected chi connectivity index (χ1v) is 7.55. The Morgan fingerprint density at radius 3 is 2.55 bits per heavy atom. The summed E-state index contributed by atoms with van der Waals surface area (Å²) < 4.78 is 0. The number of carbonyl (C=O) groups is 2. The lowest BCUT2D eigenvalue weighted by atomic mass is 10.0. The van der Waals surface area contributed by atoms with E-state index in [1.165, 1.54) is 0 Å². The van der Waals surface area contributed by atoms with Crippen LogP contribution in [0.1, 0.15) is 30.9 Å². The van der Waals surface area contributed by atoms with Crippen LogP contribution in [-0.4, -0.2) is 23.2 Å². The Bertz CT molecular complexity index is 471. The van der Waals surface area contributed by atoms with Gasteiger partial charge < -0.3 is 10.4 Å². The summed E-state index contributed by atoms with van der Waals surface area (Å²) in [6.45, 7) is 3.56. The Morgan fingerprint density at radius 2 is 2.05 bits per heavy atom. The highest BCUT2D eigenvalue weighted by Crippen LogP contribution is 2.21. The number of nitrogens with one attached hydrogen (secondary N) is 1. The standard InChI is InChI=1S/C15H19NO3S/c1-3-4-5-14(17)16-13(10-15(18)19)11-6-8-12(20-2)9-7-11/h3,6-9,13H,1,4-5,10H2,2H3,(H,16,17)(H,18,19). The Morgan fingerprint density at radius 1 is 1.40 bits per heavy atom. The summed E-state index contributed by atoms with van der Waals surface area (Å²) in [4.78, 5) is 23.8. The topological polar surface area (TPSA) is 66.4 Å². The van der Waals surface area contributed by atoms with Crippen LogP contribution in [0, 0.1) is 0 Å². The number of benzene rings is 1. The van der Waals surface area contributed by atoms with E-state index in [1.54, 1.807) is 17.8 Å². The van der Waals surface area contributed by atoms with Gasteiger partial charge in [0.2, 0.25) is 5.91 Å². The summed E-state index contributed by atoms with van der Waals surface area (Å²) >= 11 is 1.61. The molecule has 1 unspecified atom stereocenters. The van der Waals surface area contributed by atoms with Crippen LogP contribution in [0.3, 0.4) is 0 Å². The zero-order valence-electron chi connectivity index (χ0n) is 11.5. The quantitative estimate of drug-likeness (QED) is 0.571. The molecule has 4 nitrogen and oxygen atoms in total. The van der Waals surface area contributed by atoms with Gasteiger partial charge in [-0.3, -0.25) is 9.59 Å². The summed E-state index contributed by atoms with van der Waals surface area (Å²) in [6, 6.07) is 7.05. The molecule has 0 saturated carbocycles. The highest BCUT2D eigenvalue weighted by atomic mass is 32.2. The van der Waals surface area contributed by atoms with Gasteiger partial charge >= 0.3 is 5.97 Å². The predicted octanol–water partition coefficient (Wildman–Crippen LogP) is 3.01. The number of carboxylic acid groups (broad SMARTS) is 1. The summed E-state index contributed by atoms with van der Waals surface area (Å²) in [5.41, 5.74) is 0.803. The Balaban J connectivity index is 2.78. The van der Waals surface area contributed by atoms with Crippen LogP contribution in [0.15, 0.2) is 41.8 Å². The molecule has 0 radical (unpaired) electrons. The number of amides is 1. The van der Waals surface area contributed by atoms with Gasteiger partial charge in [-0.15, -0.1) is 18.3 Å². The molecule has 0 heterocycles. The monoisotopic (exact) mass is 293 g/mol. The molecule has 1 rings (SSSR count). The van der Waals surface area contributed by atoms with E-state index < -0.39 is 12.0 Å². The van der Waals surface area contributed by atoms with Crippen molar-refractivity contribution in [2.45, 2.75) is 30.2 Å². The lowest BCUT2D eigenvalue weighted by molar-refractivity contribution is -0.137. The van der Waals surface area contributed by atoms with E-state index in [0.717, 1.165) is 10.5 Å². The average Bonchev–Trinajstić information content (AvgIpc) is 2.44. The predicted molar refractivity (Wildman–Crippen MR) is 80.8 cm³/mol. The highest BCUT2D eigenvalue weighted by Gasteiger charge is 2.17. The molecule has 0 saturated heterocycles. The third-order valence-corrected chi connectivity index (χ3v) is 3.55. The van der Waals surface area contributed by atoms with Crippen LogP contribution >= 0.6 is 11.8 Å². The summed E-state index contributed by atoms with van der Waals surface area (Å²) in [5, 5.41) is 11.7. The SMILES string of the molecule is C=CCCC(=O)NC(CC(=O)O)c1ccc(SC)cc1. The minimum Gasteiger partial charge on any atom is -0.481 e. The van der Waals surface area contributed by atoms with Crippen LogP contribution in [0.25, 0.3) is 0 Å². The Labute approximate surface area is 123 Å². The fourth-order valence-corrected chi connectivity index (χ4v) is 2.17. The summed E-state index contributed by atoms with van der Waals surface area (Å²) in [6.07, 6.45) is 4.41. The van der Waals surface area contributed by atoms with Gasteiger partial charge in [-0.2, -0.15) is 0 Å². The number of hydrogen-bond acceptors (Lipinski definition) is 3. The smallest absolute Gasteiger partial charge is 0.305 e. The molecule has 20 heavy (non-hydrogen) atoms. The molecule has 0 spiro atoms. The molecule has 2 N–H and O–H groups in total. The van der Waals surface area contributed by atoms with E-state index in [4.69, 9.17) is 5.11 Å². The lowest BCUT2D eigenvalue weighted by Gasteiger charge is -2.17. The van der Waals surface area contributed by atoms with Gasteiger partial charge in [-0.25, -0.2) is 0 Å². The molecule has 0 aliphatic rings. The van der Waals surface area contributed by atoms with Crippen molar-refractivity contribution in [1.82, 2.24) is 5.32 Å². The van der Waals surface area contributed by atoms with Crippen molar-refractivity contribution < 1.29 is 14.7 Å². The number of aliphatic carboxylic acids is 1. The van der Waals surface area contributed by atoms with Crippen LogP contribution in [-0.2, 0) is 9.59 Å². The number of allylic oxidation sites excluding steroid dienone is 1. The maximum absolute atomic E-state index is 11.7. The molecule has 1 atom stereocenters. The van der Waals surface area contributed by atoms with Gasteiger partial charge in [0.1, 0.15) is 0 Å². The second-order valence-electron chi connectivity index (χ2n) is 4.32. The van der Waals surface area contributed by atoms with E-state index >= 15 is 0 Å². The molecule has 0 fully saturated rings. The Hall–Kier alpha value is -1.75. The van der Waals surface area contributed by atoms with Crippen molar-refractivity contribution in [3.05, 3.63) is 42.5 Å². The minimum absolute atomic E-state index is 0.127. The first-order valence-electron chi connectivity index (χ1n) is 6.32. The van der Waals surface area contributed by atoms with Crippen molar-refractivity contribution in [3.8, 4) is 0 Å². The third kappa shape index (κ3) is 5.48. The third-order valence-electron chi connectivity index (χ3n) is 2.81. The fraction of sp³-hybridized carbons (Fsp3) is 0.333. The number of carbonyl (C=O) groups excluding carboxylic acids is 1. The van der Waals surface area contributed by atoms with E-state index in [1.807, 2.05) is 30.5 Å². The van der Waals surface area contributed by atoms with E-state index in [-0.39, 0.29) is 12.3 Å². The van der Waals surface area contributed by atoms with Crippen molar-refractivity contribution in [3.63, 3.8) is 0 Å². The molecule has 1 amide bonds. The van der Waals surface area contributed by atoms with Crippen LogP contribution in [0.4, 0.5) is 0 Å². The van der Waals surface area contributed by atoms with Crippen LogP contribution in [0.5, 0.6) is 0 Å². The van der Waals surface area contributed by atoms with E-state index in [0.29, 0.717) is 12.8 Å². The van der Waals surface area contributed by atoms with Crippen LogP contribution < -0.4 is 5.32 Å². The van der Waals surface area contributed by atoms with Gasteiger partial charge in [0, 0.05) is 11.3 Å². The number of carboxylic acids is 1. The van der Waals surface area contributed by atoms with Gasteiger partial charge in [0.05, 0.1) is 12.5 Å². The molecule has 1 aromatic carbocycles. The maximum Gasteiger partial charge on any atom is 0.305 e. The molecule has 108 valence electrons. The first-order chi connectivity index (χ1) is 9.56. The molecule has 0 aromatic heterocycles. The normalized spacial score (nSPS) is 11.7. The largest absolute Gasteiger partial charge is 0.481 e. The zero-order chi connectivity index (χ0) is 15.0. The average molecular weight is 293 g/mol. The first kappa shape index (κ1) is 16.3. The Kier molecular flexibility index (Phi) is 6.87. The molecule has 0 aliphatic heterocycles. The van der Waals surface area contributed by atoms with Gasteiger partial charge in [0.25, 0.3) is 0 Å². The number of rotatable bonds is 8. The van der Waals surface area contributed by atoms with Gasteiger partial charge in [-0.1, -0.05) is 18.2 Å². The molecule has 0 bridgehead atoms. The minimum atomic E-state index is -0.937. The zero-order valence-corrected chi connectivity index (χ0v) is 12.3. The molecule has 0 aliphatic carbocycles. The fourth-order valence-electron chi connectivity index (χ4n) is 1.76. The highest BCUT2D eigenvalue weighted by molar-refractivity contribution is 7.98. The van der Waals surface area contributed by atoms with Gasteiger partial charge in [-0.05, 0) is 30.4 Å². The van der Waals surface area contributed by atoms with Crippen molar-refractivity contribution >= 4 is 23.6 Å². The maximum atomic E-state index is 11.7. The van der Waals surface area contributed by atoms with Crippen molar-refractivity contribution in [2.24, 2.45) is 0 Å². The number of hydrogen-bond donors (Lipinski definition) is 2. The second kappa shape index (κ2) is 8.43. The second-order valence-corrected chi connectivity index (χ2v) is 5.20.